The van der Waals surface area contributed by atoms with Gasteiger partial charge in [0.15, 0.2) is 0 Å². The minimum Gasteiger partial charge on any atom is -0.497 e. The highest BCUT2D eigenvalue weighted by atomic mass is 32.2. The van der Waals surface area contributed by atoms with Crippen LogP contribution in [0, 0.1) is 0 Å². The van der Waals surface area contributed by atoms with E-state index in [1.807, 2.05) is 11.8 Å². The van der Waals surface area contributed by atoms with E-state index >= 15 is 0 Å². The van der Waals surface area contributed by atoms with E-state index in [4.69, 9.17) is 4.74 Å². The molecule has 134 valence electrons. The van der Waals surface area contributed by atoms with Gasteiger partial charge in [-0.3, -0.25) is 5.32 Å². The summed E-state index contributed by atoms with van der Waals surface area (Å²) in [5, 5.41) is 4.06. The van der Waals surface area contributed by atoms with Gasteiger partial charge in [-0.15, -0.1) is 11.8 Å². The van der Waals surface area contributed by atoms with Crippen LogP contribution in [0.3, 0.4) is 0 Å². The molecule has 1 aliphatic rings. The monoisotopic (exact) mass is 355 g/mol. The predicted octanol–water partition coefficient (Wildman–Crippen LogP) is 5.82. The molecule has 2 aromatic carbocycles. The van der Waals surface area contributed by atoms with Crippen molar-refractivity contribution in [3.8, 4) is 5.75 Å². The van der Waals surface area contributed by atoms with Crippen LogP contribution in [-0.2, 0) is 0 Å². The van der Waals surface area contributed by atoms with Crippen LogP contribution in [-0.4, -0.2) is 18.4 Å². The normalized spacial score (nSPS) is 22.9. The van der Waals surface area contributed by atoms with Crippen molar-refractivity contribution in [1.82, 2.24) is 5.32 Å². The summed E-state index contributed by atoms with van der Waals surface area (Å²) in [5.41, 5.74) is 2.84. The van der Waals surface area contributed by atoms with E-state index in [9.17, 15) is 0 Å². The van der Waals surface area contributed by atoms with Crippen molar-refractivity contribution in [3.63, 3.8) is 0 Å². The molecule has 1 N–H and O–H groups in total. The molecule has 0 aromatic heterocycles. The van der Waals surface area contributed by atoms with Crippen molar-refractivity contribution in [3.05, 3.63) is 59.7 Å². The number of ether oxygens (including phenoxy) is 1. The highest BCUT2D eigenvalue weighted by molar-refractivity contribution is 7.99. The van der Waals surface area contributed by atoms with Crippen LogP contribution < -0.4 is 10.1 Å². The van der Waals surface area contributed by atoms with Crippen molar-refractivity contribution < 1.29 is 4.74 Å². The van der Waals surface area contributed by atoms with Gasteiger partial charge in [0, 0.05) is 16.2 Å². The summed E-state index contributed by atoms with van der Waals surface area (Å²) in [6.45, 7) is 4.60. The lowest BCUT2D eigenvalue weighted by molar-refractivity contribution is 0.297. The van der Waals surface area contributed by atoms with Crippen LogP contribution in [0.4, 0.5) is 0 Å². The molecule has 25 heavy (non-hydrogen) atoms. The third-order valence-electron chi connectivity index (χ3n) is 5.30. The molecule has 0 saturated carbocycles. The van der Waals surface area contributed by atoms with Gasteiger partial charge < -0.3 is 4.74 Å². The Kier molecular flexibility index (Phi) is 6.08. The Morgan fingerprint density at radius 2 is 1.96 bits per heavy atom. The largest absolute Gasteiger partial charge is 0.497 e. The zero-order chi connectivity index (χ0) is 17.7. The van der Waals surface area contributed by atoms with Crippen LogP contribution in [0.1, 0.15) is 56.7 Å². The van der Waals surface area contributed by atoms with E-state index in [0.29, 0.717) is 0 Å². The molecule has 2 aromatic rings. The molecule has 0 saturated heterocycles. The Morgan fingerprint density at radius 1 is 1.16 bits per heavy atom. The van der Waals surface area contributed by atoms with Gasteiger partial charge >= 0.3 is 0 Å². The fourth-order valence-corrected chi connectivity index (χ4v) is 4.97. The van der Waals surface area contributed by atoms with Gasteiger partial charge in [-0.2, -0.15) is 0 Å². The maximum absolute atomic E-state index is 5.51. The van der Waals surface area contributed by atoms with Crippen LogP contribution in [0.25, 0.3) is 0 Å². The summed E-state index contributed by atoms with van der Waals surface area (Å²) in [7, 11) is 1.74. The fraction of sp³-hybridized carbons (Fsp3) is 0.455. The first-order valence-corrected chi connectivity index (χ1v) is 10.3. The van der Waals surface area contributed by atoms with Gasteiger partial charge in [-0.1, -0.05) is 57.0 Å². The molecule has 1 aliphatic heterocycles. The number of thioether (sulfide) groups is 1. The van der Waals surface area contributed by atoms with E-state index < -0.39 is 0 Å². The minimum atomic E-state index is 0.174. The molecule has 0 amide bonds. The van der Waals surface area contributed by atoms with Gasteiger partial charge in [0.2, 0.25) is 0 Å². The number of rotatable bonds is 6. The first-order valence-electron chi connectivity index (χ1n) is 9.34. The zero-order valence-electron chi connectivity index (χ0n) is 15.5. The number of hydrogen-bond donors (Lipinski definition) is 1. The molecule has 0 unspecified atom stereocenters. The molecule has 1 heterocycles. The second kappa shape index (κ2) is 8.29. The SMILES string of the molecule is CCCC[C@@]1(CC)CSc2ccc(OC)cc2[C@H](c2ccccc2)N1. The second-order valence-electron chi connectivity index (χ2n) is 6.92. The maximum atomic E-state index is 5.51. The fourth-order valence-electron chi connectivity index (χ4n) is 3.60. The molecule has 3 rings (SSSR count). The Bertz CT molecular complexity index is 688. The van der Waals surface area contributed by atoms with Crippen LogP contribution in [0.5, 0.6) is 5.75 Å². The first-order chi connectivity index (χ1) is 12.2. The third-order valence-corrected chi connectivity index (χ3v) is 6.68. The number of nitrogens with one attached hydrogen (secondary N) is 1. The molecule has 0 bridgehead atoms. The van der Waals surface area contributed by atoms with E-state index in [-0.39, 0.29) is 11.6 Å². The number of hydrogen-bond acceptors (Lipinski definition) is 3. The molecule has 0 fully saturated rings. The summed E-state index contributed by atoms with van der Waals surface area (Å²) in [6, 6.07) is 17.5. The summed E-state index contributed by atoms with van der Waals surface area (Å²) in [4.78, 5) is 1.37. The first kappa shape index (κ1) is 18.3. The van der Waals surface area contributed by atoms with Crippen LogP contribution in [0.2, 0.25) is 0 Å². The van der Waals surface area contributed by atoms with E-state index in [1.54, 1.807) is 7.11 Å². The molecular weight excluding hydrogens is 326 g/mol. The lowest BCUT2D eigenvalue weighted by Gasteiger charge is -2.36. The van der Waals surface area contributed by atoms with Crippen molar-refractivity contribution in [1.29, 1.82) is 0 Å². The lowest BCUT2D eigenvalue weighted by atomic mass is 9.88. The quantitative estimate of drug-likeness (QED) is 0.705. The maximum Gasteiger partial charge on any atom is 0.119 e. The van der Waals surface area contributed by atoms with Crippen molar-refractivity contribution in [2.24, 2.45) is 0 Å². The summed E-state index contributed by atoms with van der Waals surface area (Å²) in [6.07, 6.45) is 4.88. The lowest BCUT2D eigenvalue weighted by Crippen LogP contribution is -2.48. The van der Waals surface area contributed by atoms with Gasteiger partial charge in [0.25, 0.3) is 0 Å². The molecule has 0 spiro atoms. The Morgan fingerprint density at radius 3 is 2.64 bits per heavy atom. The second-order valence-corrected chi connectivity index (χ2v) is 7.94. The molecule has 3 heteroatoms. The van der Waals surface area contributed by atoms with Crippen molar-refractivity contribution in [2.75, 3.05) is 12.9 Å². The average molecular weight is 356 g/mol. The molecule has 0 aliphatic carbocycles. The van der Waals surface area contributed by atoms with E-state index in [1.165, 1.54) is 35.3 Å². The van der Waals surface area contributed by atoms with Crippen LogP contribution >= 0.6 is 11.8 Å². The number of fused-ring (bicyclic) bond motifs is 1. The number of methoxy groups -OCH3 is 1. The topological polar surface area (TPSA) is 21.3 Å². The van der Waals surface area contributed by atoms with Gasteiger partial charge in [0.05, 0.1) is 13.2 Å². The zero-order valence-corrected chi connectivity index (χ0v) is 16.4. The molecule has 2 nitrogen and oxygen atoms in total. The summed E-state index contributed by atoms with van der Waals surface area (Å²) in [5.74, 6) is 2.05. The predicted molar refractivity (Wildman–Crippen MR) is 108 cm³/mol. The van der Waals surface area contributed by atoms with Crippen LogP contribution in [0.15, 0.2) is 53.4 Å². The minimum absolute atomic E-state index is 0.174. The van der Waals surface area contributed by atoms with Gasteiger partial charge in [-0.25, -0.2) is 0 Å². The molecule has 2 atom stereocenters. The Labute approximate surface area is 156 Å². The molecular formula is C22H29NOS. The molecule has 0 radical (unpaired) electrons. The summed E-state index contributed by atoms with van der Waals surface area (Å²) >= 11 is 1.99. The van der Waals surface area contributed by atoms with E-state index in [0.717, 1.165) is 17.9 Å². The number of unbranched alkanes of at least 4 members (excludes halogenated alkanes) is 1. The Balaban J connectivity index is 2.05. The van der Waals surface area contributed by atoms with Crippen molar-refractivity contribution in [2.45, 2.75) is 56.0 Å². The van der Waals surface area contributed by atoms with E-state index in [2.05, 4.69) is 67.7 Å². The third kappa shape index (κ3) is 4.04. The average Bonchev–Trinajstić information content (AvgIpc) is 2.84. The van der Waals surface area contributed by atoms with Gasteiger partial charge in [-0.05, 0) is 42.2 Å². The summed E-state index contributed by atoms with van der Waals surface area (Å²) < 4.78 is 5.51. The Hall–Kier alpha value is -1.45. The van der Waals surface area contributed by atoms with Crippen molar-refractivity contribution >= 4 is 11.8 Å². The smallest absolute Gasteiger partial charge is 0.119 e. The highest BCUT2D eigenvalue weighted by Crippen LogP contribution is 2.42. The standard InChI is InChI=1S/C22H29NOS/c1-4-6-14-22(5-2)16-25-20-13-12-18(24-3)15-19(20)21(23-22)17-10-8-7-9-11-17/h7-13,15,21,23H,4-6,14,16H2,1-3H3/t21-,22-/m0/s1. The number of benzene rings is 2. The van der Waals surface area contributed by atoms with Gasteiger partial charge in [0.1, 0.15) is 5.75 Å². The highest BCUT2D eigenvalue weighted by Gasteiger charge is 2.35.